The first-order valence-electron chi connectivity index (χ1n) is 4.60. The van der Waals surface area contributed by atoms with E-state index < -0.39 is 0 Å². The minimum absolute atomic E-state index is 0.112. The highest BCUT2D eigenvalue weighted by molar-refractivity contribution is 5.32. The molecule has 1 nitrogen and oxygen atoms in total. The summed E-state index contributed by atoms with van der Waals surface area (Å²) < 4.78 is 0. The van der Waals surface area contributed by atoms with E-state index >= 15 is 0 Å². The van der Waals surface area contributed by atoms with Gasteiger partial charge in [0.1, 0.15) is 0 Å². The van der Waals surface area contributed by atoms with Crippen LogP contribution in [0.15, 0.2) is 30.3 Å². The smallest absolute Gasteiger partial charge is 0.0228 e. The first-order chi connectivity index (χ1) is 5.76. The maximum absolute atomic E-state index is 6.12. The van der Waals surface area contributed by atoms with Crippen molar-refractivity contribution in [3.8, 4) is 0 Å². The predicted molar refractivity (Wildman–Crippen MR) is 51.0 cm³/mol. The highest BCUT2D eigenvalue weighted by Crippen LogP contribution is 2.51. The van der Waals surface area contributed by atoms with E-state index in [1.807, 2.05) is 0 Å². The molecule has 0 radical (unpaired) electrons. The molecule has 2 atom stereocenters. The monoisotopic (exact) mass is 161 g/mol. The summed E-state index contributed by atoms with van der Waals surface area (Å²) in [5, 5.41) is 0. The lowest BCUT2D eigenvalue weighted by Crippen LogP contribution is -2.22. The fourth-order valence-electron chi connectivity index (χ4n) is 1.85. The van der Waals surface area contributed by atoms with Crippen LogP contribution in [-0.4, -0.2) is 5.54 Å². The van der Waals surface area contributed by atoms with E-state index in [1.54, 1.807) is 0 Å². The van der Waals surface area contributed by atoms with Gasteiger partial charge in [-0.25, -0.2) is 0 Å². The van der Waals surface area contributed by atoms with E-state index in [1.165, 1.54) is 5.56 Å². The van der Waals surface area contributed by atoms with Crippen molar-refractivity contribution in [1.29, 1.82) is 0 Å². The van der Waals surface area contributed by atoms with Gasteiger partial charge in [0.15, 0.2) is 0 Å². The summed E-state index contributed by atoms with van der Waals surface area (Å²) in [5.41, 5.74) is 7.64. The summed E-state index contributed by atoms with van der Waals surface area (Å²) in [6.45, 7) is 2.17. The van der Waals surface area contributed by atoms with Crippen molar-refractivity contribution >= 4 is 0 Å². The molecule has 1 fully saturated rings. The van der Waals surface area contributed by atoms with Crippen LogP contribution in [0, 0.1) is 0 Å². The van der Waals surface area contributed by atoms with Crippen LogP contribution in [0.5, 0.6) is 0 Å². The van der Waals surface area contributed by atoms with Crippen molar-refractivity contribution in [3.63, 3.8) is 0 Å². The van der Waals surface area contributed by atoms with Crippen LogP contribution in [0.25, 0.3) is 0 Å². The SMILES string of the molecule is CC[C@]1(N)C[C@H]1c1ccccc1. The third-order valence-corrected chi connectivity index (χ3v) is 2.98. The summed E-state index contributed by atoms with van der Waals surface area (Å²) in [7, 11) is 0. The van der Waals surface area contributed by atoms with Gasteiger partial charge >= 0.3 is 0 Å². The van der Waals surface area contributed by atoms with Gasteiger partial charge in [-0.05, 0) is 18.4 Å². The van der Waals surface area contributed by atoms with Gasteiger partial charge in [-0.3, -0.25) is 0 Å². The standard InChI is InChI=1S/C11H15N/c1-2-11(12)8-10(11)9-6-4-3-5-7-9/h3-7,10H,2,8,12H2,1H3/t10-,11-/m0/s1. The Morgan fingerprint density at radius 2 is 2.08 bits per heavy atom. The Kier molecular flexibility index (Phi) is 1.69. The van der Waals surface area contributed by atoms with Crippen molar-refractivity contribution in [2.24, 2.45) is 5.73 Å². The van der Waals surface area contributed by atoms with E-state index in [4.69, 9.17) is 5.73 Å². The Morgan fingerprint density at radius 3 is 2.58 bits per heavy atom. The molecule has 0 bridgehead atoms. The molecule has 2 rings (SSSR count). The van der Waals surface area contributed by atoms with E-state index in [0.717, 1.165) is 12.8 Å². The number of hydrogen-bond donors (Lipinski definition) is 1. The highest BCUT2D eigenvalue weighted by Gasteiger charge is 2.49. The van der Waals surface area contributed by atoms with Crippen LogP contribution in [0.2, 0.25) is 0 Å². The molecule has 1 aliphatic rings. The van der Waals surface area contributed by atoms with E-state index in [-0.39, 0.29) is 5.54 Å². The Bertz CT molecular complexity index is 268. The van der Waals surface area contributed by atoms with Crippen molar-refractivity contribution in [2.45, 2.75) is 31.2 Å². The number of rotatable bonds is 2. The van der Waals surface area contributed by atoms with Crippen molar-refractivity contribution in [1.82, 2.24) is 0 Å². The second-order valence-corrected chi connectivity index (χ2v) is 3.75. The lowest BCUT2D eigenvalue weighted by atomic mass is 10.1. The molecule has 64 valence electrons. The Labute approximate surface area is 73.6 Å². The topological polar surface area (TPSA) is 26.0 Å². The zero-order valence-electron chi connectivity index (χ0n) is 7.46. The Balaban J connectivity index is 2.16. The highest BCUT2D eigenvalue weighted by atomic mass is 14.9. The normalized spacial score (nSPS) is 33.3. The van der Waals surface area contributed by atoms with Gasteiger partial charge in [0.05, 0.1) is 0 Å². The molecule has 1 aromatic rings. The fourth-order valence-corrected chi connectivity index (χ4v) is 1.85. The molecule has 1 saturated carbocycles. The molecule has 2 N–H and O–H groups in total. The Morgan fingerprint density at radius 1 is 1.42 bits per heavy atom. The summed E-state index contributed by atoms with van der Waals surface area (Å²) in [4.78, 5) is 0. The van der Waals surface area contributed by atoms with Crippen LogP contribution in [0.1, 0.15) is 31.2 Å². The molecule has 0 amide bonds. The molecule has 0 heterocycles. The van der Waals surface area contributed by atoms with Crippen molar-refractivity contribution in [3.05, 3.63) is 35.9 Å². The van der Waals surface area contributed by atoms with Crippen LogP contribution < -0.4 is 5.73 Å². The third-order valence-electron chi connectivity index (χ3n) is 2.98. The number of nitrogens with two attached hydrogens (primary N) is 1. The maximum Gasteiger partial charge on any atom is 0.0228 e. The Hall–Kier alpha value is -0.820. The first kappa shape index (κ1) is 7.81. The van der Waals surface area contributed by atoms with Gasteiger partial charge in [0.2, 0.25) is 0 Å². The predicted octanol–water partition coefficient (Wildman–Crippen LogP) is 2.28. The molecule has 0 unspecified atom stereocenters. The third kappa shape index (κ3) is 1.14. The molecule has 0 aromatic heterocycles. The quantitative estimate of drug-likeness (QED) is 0.707. The average Bonchev–Trinajstić information content (AvgIpc) is 2.81. The number of hydrogen-bond acceptors (Lipinski definition) is 1. The van der Waals surface area contributed by atoms with Gasteiger partial charge in [0, 0.05) is 11.5 Å². The van der Waals surface area contributed by atoms with Crippen LogP contribution in [-0.2, 0) is 0 Å². The van der Waals surface area contributed by atoms with Gasteiger partial charge in [0.25, 0.3) is 0 Å². The van der Waals surface area contributed by atoms with Crippen molar-refractivity contribution in [2.75, 3.05) is 0 Å². The van der Waals surface area contributed by atoms with Crippen molar-refractivity contribution < 1.29 is 0 Å². The summed E-state index contributed by atoms with van der Waals surface area (Å²) in [6, 6.07) is 10.6. The van der Waals surface area contributed by atoms with Gasteiger partial charge in [-0.1, -0.05) is 37.3 Å². The molecule has 0 aliphatic heterocycles. The minimum Gasteiger partial charge on any atom is -0.325 e. The summed E-state index contributed by atoms with van der Waals surface area (Å²) in [5.74, 6) is 0.615. The maximum atomic E-state index is 6.12. The summed E-state index contributed by atoms with van der Waals surface area (Å²) >= 11 is 0. The molecular weight excluding hydrogens is 146 g/mol. The van der Waals surface area contributed by atoms with Gasteiger partial charge in [-0.15, -0.1) is 0 Å². The molecule has 12 heavy (non-hydrogen) atoms. The lowest BCUT2D eigenvalue weighted by Gasteiger charge is -2.06. The second kappa shape index (κ2) is 2.60. The van der Waals surface area contributed by atoms with Crippen LogP contribution in [0.4, 0.5) is 0 Å². The molecule has 0 saturated heterocycles. The van der Waals surface area contributed by atoms with Crippen LogP contribution in [0.3, 0.4) is 0 Å². The average molecular weight is 161 g/mol. The van der Waals surface area contributed by atoms with E-state index in [0.29, 0.717) is 5.92 Å². The van der Waals surface area contributed by atoms with E-state index in [9.17, 15) is 0 Å². The fraction of sp³-hybridized carbons (Fsp3) is 0.455. The molecule has 1 aliphatic carbocycles. The lowest BCUT2D eigenvalue weighted by molar-refractivity contribution is 0.626. The zero-order valence-corrected chi connectivity index (χ0v) is 7.46. The summed E-state index contributed by atoms with van der Waals surface area (Å²) in [6.07, 6.45) is 2.25. The second-order valence-electron chi connectivity index (χ2n) is 3.75. The largest absolute Gasteiger partial charge is 0.325 e. The zero-order chi connectivity index (χ0) is 8.60. The molecule has 1 aromatic carbocycles. The van der Waals surface area contributed by atoms with Crippen LogP contribution >= 0.6 is 0 Å². The first-order valence-corrected chi connectivity index (χ1v) is 4.60. The van der Waals surface area contributed by atoms with Gasteiger partial charge in [-0.2, -0.15) is 0 Å². The molecule has 1 heteroatoms. The number of benzene rings is 1. The van der Waals surface area contributed by atoms with E-state index in [2.05, 4.69) is 37.3 Å². The van der Waals surface area contributed by atoms with Gasteiger partial charge < -0.3 is 5.73 Å². The minimum atomic E-state index is 0.112. The molecule has 0 spiro atoms. The molecular formula is C11H15N.